The van der Waals surface area contributed by atoms with Gasteiger partial charge < -0.3 is 10.6 Å². The lowest BCUT2D eigenvalue weighted by Crippen LogP contribution is -2.24. The molecule has 0 unspecified atom stereocenters. The fourth-order valence-electron chi connectivity index (χ4n) is 2.48. The molecule has 0 aliphatic carbocycles. The first kappa shape index (κ1) is 16.5. The van der Waals surface area contributed by atoms with E-state index in [1.54, 1.807) is 0 Å². The van der Waals surface area contributed by atoms with Crippen molar-refractivity contribution in [1.82, 2.24) is 4.98 Å². The van der Waals surface area contributed by atoms with Crippen LogP contribution in [0.25, 0.3) is 17.0 Å². The van der Waals surface area contributed by atoms with Gasteiger partial charge in [0.1, 0.15) is 17.5 Å². The lowest BCUT2D eigenvalue weighted by molar-refractivity contribution is -0.114. The molecule has 0 aliphatic heterocycles. The van der Waals surface area contributed by atoms with Crippen LogP contribution < -0.4 is 10.6 Å². The van der Waals surface area contributed by atoms with Crippen molar-refractivity contribution in [3.05, 3.63) is 41.0 Å². The third-order valence-electron chi connectivity index (χ3n) is 3.73. The number of amides is 1. The van der Waals surface area contributed by atoms with Gasteiger partial charge in [-0.15, -0.1) is 0 Å². The number of nitrogens with two attached hydrogens (primary N) is 1. The van der Waals surface area contributed by atoms with Gasteiger partial charge in [-0.05, 0) is 44.5 Å². The Labute approximate surface area is 136 Å². The van der Waals surface area contributed by atoms with Crippen molar-refractivity contribution in [3.8, 4) is 6.07 Å². The summed E-state index contributed by atoms with van der Waals surface area (Å²) in [6.45, 7) is 7.66. The monoisotopic (exact) mass is 308 g/mol. The molecule has 0 spiro atoms. The van der Waals surface area contributed by atoms with Crippen molar-refractivity contribution in [2.45, 2.75) is 20.8 Å². The third kappa shape index (κ3) is 3.49. The standard InChI is InChI=1S/C18H20N4O/c1-4-22(5-2)18-14(10-15(11-19)17(20)23)9-13-7-6-12(3)8-16(13)21-18/h6-10H,4-5H2,1-3H3,(H2,20,23). The molecule has 2 rings (SSSR count). The van der Waals surface area contributed by atoms with E-state index in [1.165, 1.54) is 6.08 Å². The van der Waals surface area contributed by atoms with Gasteiger partial charge in [-0.25, -0.2) is 4.98 Å². The summed E-state index contributed by atoms with van der Waals surface area (Å²) >= 11 is 0. The SMILES string of the molecule is CCN(CC)c1nc2cc(C)ccc2cc1C=C(C#N)C(N)=O. The van der Waals surface area contributed by atoms with Crippen LogP contribution in [0.1, 0.15) is 25.0 Å². The number of pyridine rings is 1. The molecular formula is C18H20N4O. The average molecular weight is 308 g/mol. The molecular weight excluding hydrogens is 288 g/mol. The number of hydrogen-bond acceptors (Lipinski definition) is 4. The number of nitrogens with zero attached hydrogens (tertiary/aromatic N) is 3. The molecule has 5 heteroatoms. The predicted octanol–water partition coefficient (Wildman–Crippen LogP) is 2.78. The molecule has 0 atom stereocenters. The number of rotatable bonds is 5. The molecule has 0 fully saturated rings. The molecule has 5 nitrogen and oxygen atoms in total. The number of carbonyl (C=O) groups is 1. The molecule has 0 bridgehead atoms. The first-order chi connectivity index (χ1) is 11.0. The molecule has 0 aliphatic rings. The van der Waals surface area contributed by atoms with E-state index in [9.17, 15) is 4.79 Å². The Bertz CT molecular complexity index is 814. The summed E-state index contributed by atoms with van der Waals surface area (Å²) in [7, 11) is 0. The van der Waals surface area contributed by atoms with E-state index in [4.69, 9.17) is 16.0 Å². The molecule has 1 aromatic heterocycles. The van der Waals surface area contributed by atoms with Crippen LogP contribution in [-0.4, -0.2) is 24.0 Å². The number of benzene rings is 1. The lowest BCUT2D eigenvalue weighted by atomic mass is 10.1. The molecule has 1 heterocycles. The van der Waals surface area contributed by atoms with Gasteiger partial charge >= 0.3 is 0 Å². The van der Waals surface area contributed by atoms with E-state index in [1.807, 2.05) is 51.1 Å². The molecule has 0 saturated heterocycles. The van der Waals surface area contributed by atoms with Crippen LogP contribution in [0.15, 0.2) is 29.8 Å². The summed E-state index contributed by atoms with van der Waals surface area (Å²) < 4.78 is 0. The highest BCUT2D eigenvalue weighted by atomic mass is 16.1. The van der Waals surface area contributed by atoms with Crippen molar-refractivity contribution in [3.63, 3.8) is 0 Å². The Morgan fingerprint density at radius 2 is 2.04 bits per heavy atom. The van der Waals surface area contributed by atoms with E-state index in [-0.39, 0.29) is 5.57 Å². The van der Waals surface area contributed by atoms with E-state index in [0.29, 0.717) is 0 Å². The van der Waals surface area contributed by atoms with Crippen molar-refractivity contribution in [2.75, 3.05) is 18.0 Å². The average Bonchev–Trinajstić information content (AvgIpc) is 2.53. The molecule has 2 N–H and O–H groups in total. The molecule has 1 aromatic carbocycles. The predicted molar refractivity (Wildman–Crippen MR) is 92.8 cm³/mol. The lowest BCUT2D eigenvalue weighted by Gasteiger charge is -2.22. The molecule has 23 heavy (non-hydrogen) atoms. The zero-order chi connectivity index (χ0) is 17.0. The summed E-state index contributed by atoms with van der Waals surface area (Å²) in [5.74, 6) is 0.0177. The van der Waals surface area contributed by atoms with Gasteiger partial charge in [0.25, 0.3) is 5.91 Å². The molecule has 0 saturated carbocycles. The van der Waals surface area contributed by atoms with Gasteiger partial charge in [0, 0.05) is 24.0 Å². The Morgan fingerprint density at radius 1 is 1.35 bits per heavy atom. The minimum absolute atomic E-state index is 0.0772. The number of carbonyl (C=O) groups excluding carboxylic acids is 1. The van der Waals surface area contributed by atoms with Crippen LogP contribution in [0.5, 0.6) is 0 Å². The summed E-state index contributed by atoms with van der Waals surface area (Å²) in [6, 6.07) is 9.80. The topological polar surface area (TPSA) is 83.0 Å². The van der Waals surface area contributed by atoms with Crippen molar-refractivity contribution in [2.24, 2.45) is 5.73 Å². The molecule has 1 amide bonds. The minimum Gasteiger partial charge on any atom is -0.365 e. The van der Waals surface area contributed by atoms with Crippen molar-refractivity contribution in [1.29, 1.82) is 5.26 Å². The third-order valence-corrected chi connectivity index (χ3v) is 3.73. The number of aryl methyl sites for hydroxylation is 1. The number of nitriles is 1. The first-order valence-corrected chi connectivity index (χ1v) is 7.58. The second kappa shape index (κ2) is 6.93. The first-order valence-electron chi connectivity index (χ1n) is 7.58. The Hall–Kier alpha value is -2.87. The number of hydrogen-bond donors (Lipinski definition) is 1. The minimum atomic E-state index is -0.734. The van der Waals surface area contributed by atoms with Crippen LogP contribution in [0, 0.1) is 18.3 Å². The second-order valence-corrected chi connectivity index (χ2v) is 5.30. The largest absolute Gasteiger partial charge is 0.365 e. The van der Waals surface area contributed by atoms with Gasteiger partial charge in [-0.1, -0.05) is 12.1 Å². The van der Waals surface area contributed by atoms with E-state index in [0.717, 1.165) is 40.9 Å². The zero-order valence-electron chi connectivity index (χ0n) is 13.6. The van der Waals surface area contributed by atoms with E-state index < -0.39 is 5.91 Å². The number of aromatic nitrogens is 1. The van der Waals surface area contributed by atoms with Gasteiger partial charge in [-0.2, -0.15) is 5.26 Å². The van der Waals surface area contributed by atoms with Crippen molar-refractivity contribution < 1.29 is 4.79 Å². The number of primary amides is 1. The highest BCUT2D eigenvalue weighted by Gasteiger charge is 2.13. The summed E-state index contributed by atoms with van der Waals surface area (Å²) in [5.41, 5.74) is 7.92. The number of fused-ring (bicyclic) bond motifs is 1. The highest BCUT2D eigenvalue weighted by molar-refractivity contribution is 6.01. The fourth-order valence-corrected chi connectivity index (χ4v) is 2.48. The normalized spacial score (nSPS) is 11.3. The van der Waals surface area contributed by atoms with Crippen LogP contribution in [-0.2, 0) is 4.79 Å². The Balaban J connectivity index is 2.74. The van der Waals surface area contributed by atoms with Crippen LogP contribution >= 0.6 is 0 Å². The van der Waals surface area contributed by atoms with Crippen LogP contribution in [0.2, 0.25) is 0 Å². The van der Waals surface area contributed by atoms with E-state index in [2.05, 4.69) is 4.90 Å². The second-order valence-electron chi connectivity index (χ2n) is 5.30. The fraction of sp³-hybridized carbons (Fsp3) is 0.278. The van der Waals surface area contributed by atoms with Gasteiger partial charge in [0.15, 0.2) is 0 Å². The maximum absolute atomic E-state index is 11.4. The van der Waals surface area contributed by atoms with Gasteiger partial charge in [0.05, 0.1) is 5.52 Å². The van der Waals surface area contributed by atoms with Gasteiger partial charge in [0.2, 0.25) is 0 Å². The molecule has 0 radical (unpaired) electrons. The van der Waals surface area contributed by atoms with Crippen LogP contribution in [0.3, 0.4) is 0 Å². The maximum atomic E-state index is 11.4. The smallest absolute Gasteiger partial charge is 0.259 e. The zero-order valence-corrected chi connectivity index (χ0v) is 13.6. The summed E-state index contributed by atoms with van der Waals surface area (Å²) in [6.07, 6.45) is 1.52. The summed E-state index contributed by atoms with van der Waals surface area (Å²) in [5, 5.41) is 10.1. The van der Waals surface area contributed by atoms with Crippen LogP contribution in [0.4, 0.5) is 5.82 Å². The molecule has 2 aromatic rings. The van der Waals surface area contributed by atoms with Crippen molar-refractivity contribution >= 4 is 28.7 Å². The maximum Gasteiger partial charge on any atom is 0.259 e. The van der Waals surface area contributed by atoms with E-state index >= 15 is 0 Å². The Kier molecular flexibility index (Phi) is 4.97. The molecule has 118 valence electrons. The quantitative estimate of drug-likeness (QED) is 0.680. The van der Waals surface area contributed by atoms with Gasteiger partial charge in [-0.3, -0.25) is 4.79 Å². The Morgan fingerprint density at radius 3 is 2.61 bits per heavy atom. The number of anilines is 1. The summed E-state index contributed by atoms with van der Waals surface area (Å²) in [4.78, 5) is 18.2. The highest BCUT2D eigenvalue weighted by Crippen LogP contribution is 2.26.